The smallest absolute Gasteiger partial charge is 0.274 e. The standard InChI is InChI=1S/C12H13N3O3/c1-15-8(11(17)14-12(15)13)5-7-3-4-9(16)10(6-7)18-2/h3-6,16H,1-2H3,(H2,13,14,17). The van der Waals surface area contributed by atoms with Crippen molar-refractivity contribution in [2.45, 2.75) is 0 Å². The zero-order valence-electron chi connectivity index (χ0n) is 10.0. The van der Waals surface area contributed by atoms with E-state index in [9.17, 15) is 9.90 Å². The molecule has 94 valence electrons. The fourth-order valence-electron chi connectivity index (χ4n) is 1.63. The summed E-state index contributed by atoms with van der Waals surface area (Å²) < 4.78 is 4.99. The van der Waals surface area contributed by atoms with Gasteiger partial charge in [0, 0.05) is 7.05 Å². The van der Waals surface area contributed by atoms with Crippen molar-refractivity contribution in [3.63, 3.8) is 0 Å². The highest BCUT2D eigenvalue weighted by atomic mass is 16.5. The summed E-state index contributed by atoms with van der Waals surface area (Å²) in [4.78, 5) is 13.0. The molecule has 1 heterocycles. The SMILES string of the molecule is COc1cc(C=C2C(=O)NC(=N)N2C)ccc1O. The Morgan fingerprint density at radius 1 is 1.50 bits per heavy atom. The van der Waals surface area contributed by atoms with Gasteiger partial charge in [0.25, 0.3) is 5.91 Å². The van der Waals surface area contributed by atoms with Gasteiger partial charge in [-0.2, -0.15) is 0 Å². The molecule has 0 bridgehead atoms. The van der Waals surface area contributed by atoms with Crippen LogP contribution in [0.4, 0.5) is 0 Å². The van der Waals surface area contributed by atoms with Gasteiger partial charge in [-0.25, -0.2) is 0 Å². The lowest BCUT2D eigenvalue weighted by molar-refractivity contribution is -0.115. The molecule has 0 unspecified atom stereocenters. The van der Waals surface area contributed by atoms with Crippen molar-refractivity contribution in [2.75, 3.05) is 14.2 Å². The predicted molar refractivity (Wildman–Crippen MR) is 66.3 cm³/mol. The third kappa shape index (κ3) is 2.00. The summed E-state index contributed by atoms with van der Waals surface area (Å²) in [6, 6.07) is 4.77. The number of phenolic OH excluding ortho intramolecular Hbond substituents is 1. The summed E-state index contributed by atoms with van der Waals surface area (Å²) >= 11 is 0. The number of ether oxygens (including phenoxy) is 1. The highest BCUT2D eigenvalue weighted by Gasteiger charge is 2.26. The number of hydrogen-bond donors (Lipinski definition) is 3. The number of hydrogen-bond acceptors (Lipinski definition) is 4. The number of amides is 1. The van der Waals surface area contributed by atoms with Crippen molar-refractivity contribution < 1.29 is 14.6 Å². The normalized spacial score (nSPS) is 17.2. The first-order valence-corrected chi connectivity index (χ1v) is 5.25. The lowest BCUT2D eigenvalue weighted by atomic mass is 10.1. The van der Waals surface area contributed by atoms with Gasteiger partial charge in [0.2, 0.25) is 5.96 Å². The molecule has 2 rings (SSSR count). The van der Waals surface area contributed by atoms with Crippen molar-refractivity contribution in [3.8, 4) is 11.5 Å². The number of carbonyl (C=O) groups is 1. The number of nitrogens with zero attached hydrogens (tertiary/aromatic N) is 1. The summed E-state index contributed by atoms with van der Waals surface area (Å²) in [7, 11) is 3.08. The molecular formula is C12H13N3O3. The van der Waals surface area contributed by atoms with E-state index >= 15 is 0 Å². The minimum atomic E-state index is -0.324. The minimum absolute atomic E-state index is 0.0385. The third-order valence-electron chi connectivity index (χ3n) is 2.67. The maximum absolute atomic E-state index is 11.6. The lowest BCUT2D eigenvalue weighted by Gasteiger charge is -2.09. The maximum Gasteiger partial charge on any atom is 0.274 e. The summed E-state index contributed by atoms with van der Waals surface area (Å²) in [6.45, 7) is 0. The number of methoxy groups -OCH3 is 1. The quantitative estimate of drug-likeness (QED) is 0.673. The number of guanidine groups is 1. The molecule has 1 aromatic carbocycles. The molecule has 1 saturated heterocycles. The van der Waals surface area contributed by atoms with Gasteiger partial charge in [0.1, 0.15) is 5.70 Å². The van der Waals surface area contributed by atoms with Gasteiger partial charge in [-0.15, -0.1) is 0 Å². The van der Waals surface area contributed by atoms with Crippen LogP contribution in [0.15, 0.2) is 23.9 Å². The van der Waals surface area contributed by atoms with E-state index < -0.39 is 0 Å². The second-order valence-corrected chi connectivity index (χ2v) is 3.82. The Labute approximate surface area is 104 Å². The lowest BCUT2D eigenvalue weighted by Crippen LogP contribution is -2.25. The molecule has 1 aromatic rings. The molecule has 0 atom stereocenters. The zero-order valence-corrected chi connectivity index (χ0v) is 10.0. The monoisotopic (exact) mass is 247 g/mol. The molecule has 0 spiro atoms. The summed E-state index contributed by atoms with van der Waals surface area (Å²) in [5, 5.41) is 19.4. The van der Waals surface area contributed by atoms with Crippen molar-refractivity contribution in [2.24, 2.45) is 0 Å². The maximum atomic E-state index is 11.6. The Balaban J connectivity index is 2.39. The van der Waals surface area contributed by atoms with E-state index in [4.69, 9.17) is 10.1 Å². The van der Waals surface area contributed by atoms with E-state index in [1.807, 2.05) is 0 Å². The van der Waals surface area contributed by atoms with Gasteiger partial charge < -0.3 is 14.7 Å². The molecule has 6 nitrogen and oxygen atoms in total. The van der Waals surface area contributed by atoms with Crippen LogP contribution in [0.5, 0.6) is 11.5 Å². The second kappa shape index (κ2) is 4.40. The first kappa shape index (κ1) is 12.0. The molecule has 1 amide bonds. The molecule has 6 heteroatoms. The number of aromatic hydroxyl groups is 1. The van der Waals surface area contributed by atoms with Gasteiger partial charge >= 0.3 is 0 Å². The Hall–Kier alpha value is -2.50. The number of rotatable bonds is 2. The largest absolute Gasteiger partial charge is 0.504 e. The number of nitrogens with one attached hydrogen (secondary N) is 2. The first-order chi connectivity index (χ1) is 8.52. The van der Waals surface area contributed by atoms with E-state index in [0.29, 0.717) is 17.0 Å². The molecule has 0 saturated carbocycles. The predicted octanol–water partition coefficient (Wildman–Crippen LogP) is 0.738. The van der Waals surface area contributed by atoms with Crippen LogP contribution in [0.3, 0.4) is 0 Å². The third-order valence-corrected chi connectivity index (χ3v) is 2.67. The number of likely N-dealkylation sites (N-methyl/N-ethyl adjacent to an activating group) is 1. The molecule has 1 fully saturated rings. The molecule has 0 aromatic heterocycles. The fraction of sp³-hybridized carbons (Fsp3) is 0.167. The van der Waals surface area contributed by atoms with Crippen molar-refractivity contribution >= 4 is 17.9 Å². The van der Waals surface area contributed by atoms with Crippen molar-refractivity contribution in [1.29, 1.82) is 5.41 Å². The van der Waals surface area contributed by atoms with Crippen LogP contribution in [0.2, 0.25) is 0 Å². The molecule has 0 aliphatic carbocycles. The highest BCUT2D eigenvalue weighted by Crippen LogP contribution is 2.27. The van der Waals surface area contributed by atoms with Crippen LogP contribution in [-0.4, -0.2) is 36.0 Å². The topological polar surface area (TPSA) is 85.7 Å². The average Bonchev–Trinajstić information content (AvgIpc) is 2.58. The zero-order chi connectivity index (χ0) is 13.3. The summed E-state index contributed by atoms with van der Waals surface area (Å²) in [5.74, 6) is 0.0867. The van der Waals surface area contributed by atoms with Crippen LogP contribution in [0.1, 0.15) is 5.56 Å². The number of benzene rings is 1. The highest BCUT2D eigenvalue weighted by molar-refractivity contribution is 6.14. The van der Waals surface area contributed by atoms with E-state index in [1.165, 1.54) is 18.1 Å². The van der Waals surface area contributed by atoms with E-state index in [2.05, 4.69) is 5.32 Å². The molecule has 18 heavy (non-hydrogen) atoms. The minimum Gasteiger partial charge on any atom is -0.504 e. The van der Waals surface area contributed by atoms with E-state index in [0.717, 1.165) is 0 Å². The Kier molecular flexibility index (Phi) is 2.93. The summed E-state index contributed by atoms with van der Waals surface area (Å²) in [6.07, 6.45) is 1.62. The van der Waals surface area contributed by atoms with Gasteiger partial charge in [-0.1, -0.05) is 6.07 Å². The van der Waals surface area contributed by atoms with Crippen LogP contribution in [-0.2, 0) is 4.79 Å². The number of carbonyl (C=O) groups excluding carboxylic acids is 1. The summed E-state index contributed by atoms with van der Waals surface area (Å²) in [5.41, 5.74) is 1.07. The first-order valence-electron chi connectivity index (χ1n) is 5.25. The second-order valence-electron chi connectivity index (χ2n) is 3.82. The van der Waals surface area contributed by atoms with Crippen LogP contribution in [0, 0.1) is 5.41 Å². The van der Waals surface area contributed by atoms with Gasteiger partial charge in [-0.3, -0.25) is 15.5 Å². The van der Waals surface area contributed by atoms with Gasteiger partial charge in [-0.05, 0) is 23.8 Å². The molecule has 1 aliphatic heterocycles. The van der Waals surface area contributed by atoms with E-state index in [-0.39, 0.29) is 17.6 Å². The van der Waals surface area contributed by atoms with Crippen LogP contribution in [0.25, 0.3) is 6.08 Å². The van der Waals surface area contributed by atoms with Gasteiger partial charge in [0.15, 0.2) is 11.5 Å². The molecular weight excluding hydrogens is 234 g/mol. The van der Waals surface area contributed by atoms with E-state index in [1.54, 1.807) is 25.3 Å². The van der Waals surface area contributed by atoms with Crippen LogP contribution >= 0.6 is 0 Å². The number of phenols is 1. The molecule has 0 radical (unpaired) electrons. The Bertz CT molecular complexity index is 551. The van der Waals surface area contributed by atoms with Crippen molar-refractivity contribution in [1.82, 2.24) is 10.2 Å². The average molecular weight is 247 g/mol. The van der Waals surface area contributed by atoms with Crippen molar-refractivity contribution in [3.05, 3.63) is 29.5 Å². The van der Waals surface area contributed by atoms with Gasteiger partial charge in [0.05, 0.1) is 7.11 Å². The Morgan fingerprint density at radius 2 is 2.22 bits per heavy atom. The Morgan fingerprint density at radius 3 is 2.78 bits per heavy atom. The molecule has 3 N–H and O–H groups in total. The van der Waals surface area contributed by atoms with Crippen LogP contribution < -0.4 is 10.1 Å². The molecule has 1 aliphatic rings. The fourth-order valence-corrected chi connectivity index (χ4v) is 1.63.